The number of aromatic nitrogens is 2. The number of nitrogens with two attached hydrogens (primary N) is 1. The lowest BCUT2D eigenvalue weighted by atomic mass is 10.2. The number of alkyl halides is 3. The standard InChI is InChI=1S/C18H19F3N4O4/c1-3-15(26)25(13-8-11(16(22)27)6-7-23-13)9-12-4-5-14(24-17(12)28-2)29-10-18(19,20)21/h4-8H,3,9-10H2,1-2H3,(H2,22,27). The van der Waals surface area contributed by atoms with Gasteiger partial charge in [0.1, 0.15) is 5.82 Å². The lowest BCUT2D eigenvalue weighted by Crippen LogP contribution is -2.31. The fraction of sp³-hybridized carbons (Fsp3) is 0.333. The maximum absolute atomic E-state index is 12.4. The summed E-state index contributed by atoms with van der Waals surface area (Å²) < 4.78 is 46.7. The van der Waals surface area contributed by atoms with Crippen LogP contribution in [0.25, 0.3) is 0 Å². The molecule has 2 rings (SSSR count). The summed E-state index contributed by atoms with van der Waals surface area (Å²) in [6, 6.07) is 5.46. The third kappa shape index (κ3) is 6.06. The maximum atomic E-state index is 12.4. The Kier molecular flexibility index (Phi) is 6.97. The topological polar surface area (TPSA) is 108 Å². The van der Waals surface area contributed by atoms with E-state index in [1.165, 1.54) is 42.5 Å². The third-order valence-electron chi connectivity index (χ3n) is 3.73. The highest BCUT2D eigenvalue weighted by atomic mass is 19.4. The first-order chi connectivity index (χ1) is 13.6. The predicted molar refractivity (Wildman–Crippen MR) is 96.6 cm³/mol. The van der Waals surface area contributed by atoms with Crippen LogP contribution in [0.4, 0.5) is 19.0 Å². The molecule has 156 valence electrons. The summed E-state index contributed by atoms with van der Waals surface area (Å²) >= 11 is 0. The van der Waals surface area contributed by atoms with E-state index >= 15 is 0 Å². The molecule has 0 fully saturated rings. The van der Waals surface area contributed by atoms with E-state index in [0.29, 0.717) is 5.56 Å². The second-order valence-corrected chi connectivity index (χ2v) is 5.82. The van der Waals surface area contributed by atoms with Crippen LogP contribution in [-0.4, -0.2) is 41.7 Å². The van der Waals surface area contributed by atoms with Gasteiger partial charge in [0.25, 0.3) is 0 Å². The summed E-state index contributed by atoms with van der Waals surface area (Å²) in [5.74, 6) is -1.08. The second kappa shape index (κ2) is 9.22. The maximum Gasteiger partial charge on any atom is 0.422 e. The number of carbonyl (C=O) groups is 2. The monoisotopic (exact) mass is 412 g/mol. The first-order valence-corrected chi connectivity index (χ1v) is 8.44. The Hall–Kier alpha value is -3.37. The molecule has 0 aliphatic rings. The molecule has 0 saturated heterocycles. The molecule has 0 aliphatic carbocycles. The van der Waals surface area contributed by atoms with Gasteiger partial charge in [-0.15, -0.1) is 0 Å². The quantitative estimate of drug-likeness (QED) is 0.714. The van der Waals surface area contributed by atoms with Crippen LogP contribution in [0.2, 0.25) is 0 Å². The molecule has 0 unspecified atom stereocenters. The summed E-state index contributed by atoms with van der Waals surface area (Å²) in [4.78, 5) is 33.1. The first-order valence-electron chi connectivity index (χ1n) is 8.44. The van der Waals surface area contributed by atoms with E-state index in [0.717, 1.165) is 0 Å². The highest BCUT2D eigenvalue weighted by molar-refractivity contribution is 5.96. The summed E-state index contributed by atoms with van der Waals surface area (Å²) in [6.07, 6.45) is -3.02. The van der Waals surface area contributed by atoms with Gasteiger partial charge in [0.15, 0.2) is 6.61 Å². The normalized spacial score (nSPS) is 11.1. The van der Waals surface area contributed by atoms with Crippen LogP contribution in [0.5, 0.6) is 11.8 Å². The number of anilines is 1. The Labute approximate surface area is 164 Å². The van der Waals surface area contributed by atoms with Crippen molar-refractivity contribution in [2.75, 3.05) is 18.6 Å². The van der Waals surface area contributed by atoms with Crippen molar-refractivity contribution in [3.8, 4) is 11.8 Å². The lowest BCUT2D eigenvalue weighted by molar-refractivity contribution is -0.154. The number of ether oxygens (including phenoxy) is 2. The molecule has 29 heavy (non-hydrogen) atoms. The number of methoxy groups -OCH3 is 1. The first kappa shape index (κ1) is 21.9. The predicted octanol–water partition coefficient (Wildman–Crippen LogP) is 2.47. The fourth-order valence-electron chi connectivity index (χ4n) is 2.36. The number of pyridine rings is 2. The van der Waals surface area contributed by atoms with Crippen molar-refractivity contribution in [1.29, 1.82) is 0 Å². The summed E-state index contributed by atoms with van der Waals surface area (Å²) in [6.45, 7) is 0.112. The van der Waals surface area contributed by atoms with E-state index in [4.69, 9.17) is 10.5 Å². The molecule has 11 heteroatoms. The minimum atomic E-state index is -4.50. The summed E-state index contributed by atoms with van der Waals surface area (Å²) in [5.41, 5.74) is 5.85. The van der Waals surface area contributed by atoms with Crippen molar-refractivity contribution in [3.63, 3.8) is 0 Å². The van der Waals surface area contributed by atoms with Gasteiger partial charge in [-0.3, -0.25) is 14.5 Å². The SMILES string of the molecule is CCC(=O)N(Cc1ccc(OCC(F)(F)F)nc1OC)c1cc(C(N)=O)ccn1. The molecule has 2 heterocycles. The largest absolute Gasteiger partial charge is 0.481 e. The Balaban J connectivity index is 2.32. The number of primary amides is 1. The van der Waals surface area contributed by atoms with Gasteiger partial charge >= 0.3 is 6.18 Å². The minimum absolute atomic E-state index is 0.00960. The molecule has 2 N–H and O–H groups in total. The molecule has 2 aromatic heterocycles. The Bertz CT molecular complexity index is 890. The molecule has 0 saturated carbocycles. The molecular weight excluding hydrogens is 393 g/mol. The summed E-state index contributed by atoms with van der Waals surface area (Å²) in [7, 11) is 1.29. The van der Waals surface area contributed by atoms with Crippen LogP contribution in [0.1, 0.15) is 29.3 Å². The van der Waals surface area contributed by atoms with Crippen LogP contribution in [-0.2, 0) is 11.3 Å². The van der Waals surface area contributed by atoms with Gasteiger partial charge in [0, 0.05) is 29.8 Å². The molecule has 2 aromatic rings. The fourth-order valence-corrected chi connectivity index (χ4v) is 2.36. The van der Waals surface area contributed by atoms with Crippen molar-refractivity contribution in [3.05, 3.63) is 41.6 Å². The van der Waals surface area contributed by atoms with Gasteiger partial charge in [0.05, 0.1) is 13.7 Å². The molecular formula is C18H19F3N4O4. The van der Waals surface area contributed by atoms with E-state index in [2.05, 4.69) is 14.7 Å². The Morgan fingerprint density at radius 2 is 1.97 bits per heavy atom. The number of halogens is 3. The number of hydrogen-bond donors (Lipinski definition) is 1. The van der Waals surface area contributed by atoms with Crippen LogP contribution in [0.3, 0.4) is 0 Å². The van der Waals surface area contributed by atoms with Gasteiger partial charge in [-0.1, -0.05) is 6.92 Å². The van der Waals surface area contributed by atoms with Gasteiger partial charge in [-0.2, -0.15) is 18.2 Å². The van der Waals surface area contributed by atoms with Crippen molar-refractivity contribution >= 4 is 17.6 Å². The Morgan fingerprint density at radius 1 is 1.24 bits per heavy atom. The number of carbonyl (C=O) groups excluding carboxylic acids is 2. The molecule has 0 bridgehead atoms. The molecule has 0 aromatic carbocycles. The van der Waals surface area contributed by atoms with E-state index < -0.39 is 18.7 Å². The molecule has 0 spiro atoms. The molecule has 0 atom stereocenters. The van der Waals surface area contributed by atoms with Crippen molar-refractivity contribution in [2.45, 2.75) is 26.1 Å². The number of nitrogens with zero attached hydrogens (tertiary/aromatic N) is 3. The van der Waals surface area contributed by atoms with E-state index in [-0.39, 0.29) is 42.0 Å². The zero-order valence-electron chi connectivity index (χ0n) is 15.7. The minimum Gasteiger partial charge on any atom is -0.481 e. The second-order valence-electron chi connectivity index (χ2n) is 5.82. The Morgan fingerprint density at radius 3 is 2.55 bits per heavy atom. The molecule has 0 radical (unpaired) electrons. The average Bonchev–Trinajstić information content (AvgIpc) is 2.69. The van der Waals surface area contributed by atoms with E-state index in [1.807, 2.05) is 0 Å². The molecule has 2 amide bonds. The molecule has 0 aliphatic heterocycles. The average molecular weight is 412 g/mol. The third-order valence-corrected chi connectivity index (χ3v) is 3.73. The summed E-state index contributed by atoms with van der Waals surface area (Å²) in [5, 5.41) is 0. The lowest BCUT2D eigenvalue weighted by Gasteiger charge is -2.22. The van der Waals surface area contributed by atoms with Crippen LogP contribution in [0, 0.1) is 0 Å². The zero-order valence-corrected chi connectivity index (χ0v) is 15.7. The van der Waals surface area contributed by atoms with E-state index in [1.54, 1.807) is 6.92 Å². The van der Waals surface area contributed by atoms with Crippen LogP contribution in [0.15, 0.2) is 30.5 Å². The highest BCUT2D eigenvalue weighted by Gasteiger charge is 2.29. The number of amides is 2. The van der Waals surface area contributed by atoms with Crippen molar-refractivity contribution in [1.82, 2.24) is 9.97 Å². The number of hydrogen-bond acceptors (Lipinski definition) is 6. The van der Waals surface area contributed by atoms with Gasteiger partial charge < -0.3 is 15.2 Å². The van der Waals surface area contributed by atoms with Crippen molar-refractivity contribution in [2.24, 2.45) is 5.73 Å². The zero-order chi connectivity index (χ0) is 21.6. The van der Waals surface area contributed by atoms with Gasteiger partial charge in [0.2, 0.25) is 23.6 Å². The number of rotatable bonds is 8. The smallest absolute Gasteiger partial charge is 0.422 e. The van der Waals surface area contributed by atoms with Crippen LogP contribution < -0.4 is 20.1 Å². The van der Waals surface area contributed by atoms with Crippen LogP contribution >= 0.6 is 0 Å². The van der Waals surface area contributed by atoms with Crippen molar-refractivity contribution < 1.29 is 32.2 Å². The van der Waals surface area contributed by atoms with E-state index in [9.17, 15) is 22.8 Å². The van der Waals surface area contributed by atoms with Gasteiger partial charge in [-0.05, 0) is 18.2 Å². The molecule has 8 nitrogen and oxygen atoms in total. The highest BCUT2D eigenvalue weighted by Crippen LogP contribution is 2.25. The van der Waals surface area contributed by atoms with Gasteiger partial charge in [-0.25, -0.2) is 4.98 Å².